The Morgan fingerprint density at radius 3 is 2.74 bits per heavy atom. The smallest absolute Gasteiger partial charge is 0.261 e. The van der Waals surface area contributed by atoms with E-state index in [9.17, 15) is 9.59 Å². The molecule has 1 aromatic rings. The number of fused-ring (bicyclic) bond motifs is 1. The molecule has 0 bridgehead atoms. The van der Waals surface area contributed by atoms with Crippen LogP contribution in [0.5, 0.6) is 0 Å². The van der Waals surface area contributed by atoms with E-state index in [-0.39, 0.29) is 11.8 Å². The van der Waals surface area contributed by atoms with Gasteiger partial charge in [-0.25, -0.2) is 0 Å². The van der Waals surface area contributed by atoms with Gasteiger partial charge in [0.2, 0.25) is 0 Å². The molecule has 0 saturated heterocycles. The number of nitrogens with zero attached hydrogens (tertiary/aromatic N) is 1. The standard InChI is InChI=1S/C14H13BrN2O2/c15-10-1-2-11-12(7-10)14(19)17(13(11)18)8-9-3-5-16-6-4-9/h1-3,7,16H,4-6,8H2. The average molecular weight is 321 g/mol. The first-order chi connectivity index (χ1) is 9.16. The summed E-state index contributed by atoms with van der Waals surface area (Å²) in [5.41, 5.74) is 2.14. The molecule has 98 valence electrons. The number of hydrogen-bond donors (Lipinski definition) is 1. The van der Waals surface area contributed by atoms with Gasteiger partial charge in [0.05, 0.1) is 17.7 Å². The predicted octanol–water partition coefficient (Wildman–Crippen LogP) is 1.96. The van der Waals surface area contributed by atoms with Gasteiger partial charge in [0.1, 0.15) is 0 Å². The Balaban J connectivity index is 1.88. The van der Waals surface area contributed by atoms with Crippen LogP contribution < -0.4 is 5.32 Å². The first-order valence-electron chi connectivity index (χ1n) is 6.21. The van der Waals surface area contributed by atoms with Crippen LogP contribution in [0.15, 0.2) is 34.3 Å². The molecule has 2 aliphatic heterocycles. The van der Waals surface area contributed by atoms with Gasteiger partial charge in [0.15, 0.2) is 0 Å². The topological polar surface area (TPSA) is 49.4 Å². The summed E-state index contributed by atoms with van der Waals surface area (Å²) >= 11 is 3.33. The molecule has 2 heterocycles. The zero-order valence-corrected chi connectivity index (χ0v) is 11.9. The number of benzene rings is 1. The van der Waals surface area contributed by atoms with Gasteiger partial charge in [-0.3, -0.25) is 14.5 Å². The summed E-state index contributed by atoms with van der Waals surface area (Å²) in [4.78, 5) is 25.9. The summed E-state index contributed by atoms with van der Waals surface area (Å²) < 4.78 is 0.815. The zero-order valence-electron chi connectivity index (χ0n) is 10.3. The van der Waals surface area contributed by atoms with Crippen molar-refractivity contribution < 1.29 is 9.59 Å². The van der Waals surface area contributed by atoms with Gasteiger partial charge in [0.25, 0.3) is 11.8 Å². The minimum Gasteiger partial charge on any atom is -0.313 e. The Morgan fingerprint density at radius 1 is 1.21 bits per heavy atom. The summed E-state index contributed by atoms with van der Waals surface area (Å²) in [5.74, 6) is -0.382. The highest BCUT2D eigenvalue weighted by Crippen LogP contribution is 2.27. The molecule has 0 unspecified atom stereocenters. The number of nitrogens with one attached hydrogen (secondary N) is 1. The lowest BCUT2D eigenvalue weighted by molar-refractivity contribution is 0.0666. The van der Waals surface area contributed by atoms with Gasteiger partial charge >= 0.3 is 0 Å². The van der Waals surface area contributed by atoms with E-state index in [0.717, 1.165) is 29.6 Å². The predicted molar refractivity (Wildman–Crippen MR) is 75.1 cm³/mol. The fourth-order valence-corrected chi connectivity index (χ4v) is 2.78. The van der Waals surface area contributed by atoms with E-state index in [1.165, 1.54) is 4.90 Å². The lowest BCUT2D eigenvalue weighted by Gasteiger charge is -2.19. The van der Waals surface area contributed by atoms with Crippen molar-refractivity contribution in [2.45, 2.75) is 6.42 Å². The molecule has 0 spiro atoms. The number of amides is 2. The van der Waals surface area contributed by atoms with Gasteiger partial charge in [-0.05, 0) is 31.2 Å². The van der Waals surface area contributed by atoms with Gasteiger partial charge in [-0.15, -0.1) is 0 Å². The number of rotatable bonds is 2. The Hall–Kier alpha value is -1.46. The van der Waals surface area contributed by atoms with Crippen molar-refractivity contribution >= 4 is 27.7 Å². The van der Waals surface area contributed by atoms with Crippen LogP contribution in [0.4, 0.5) is 0 Å². The van der Waals surface area contributed by atoms with Crippen LogP contribution in [0.3, 0.4) is 0 Å². The fourth-order valence-electron chi connectivity index (χ4n) is 2.42. The highest BCUT2D eigenvalue weighted by molar-refractivity contribution is 9.10. The maximum Gasteiger partial charge on any atom is 0.261 e. The molecule has 1 N–H and O–H groups in total. The summed E-state index contributed by atoms with van der Waals surface area (Å²) in [6, 6.07) is 5.21. The second-order valence-corrected chi connectivity index (χ2v) is 5.62. The second kappa shape index (κ2) is 4.90. The van der Waals surface area contributed by atoms with E-state index < -0.39 is 0 Å². The third-order valence-electron chi connectivity index (χ3n) is 3.45. The largest absolute Gasteiger partial charge is 0.313 e. The molecule has 3 rings (SSSR count). The van der Waals surface area contributed by atoms with Crippen LogP contribution in [0.25, 0.3) is 0 Å². The summed E-state index contributed by atoms with van der Waals surface area (Å²) in [7, 11) is 0. The number of carbonyl (C=O) groups excluding carboxylic acids is 2. The van der Waals surface area contributed by atoms with Crippen LogP contribution in [0.2, 0.25) is 0 Å². The third-order valence-corrected chi connectivity index (χ3v) is 3.95. The molecule has 19 heavy (non-hydrogen) atoms. The summed E-state index contributed by atoms with van der Waals surface area (Å²) in [6.07, 6.45) is 2.94. The number of imide groups is 1. The molecule has 0 saturated carbocycles. The van der Waals surface area contributed by atoms with Crippen molar-refractivity contribution in [2.75, 3.05) is 19.6 Å². The van der Waals surface area contributed by atoms with Crippen molar-refractivity contribution in [1.82, 2.24) is 10.2 Å². The van der Waals surface area contributed by atoms with Crippen molar-refractivity contribution in [3.05, 3.63) is 45.4 Å². The first kappa shape index (κ1) is 12.6. The van der Waals surface area contributed by atoms with E-state index >= 15 is 0 Å². The van der Waals surface area contributed by atoms with E-state index in [1.54, 1.807) is 18.2 Å². The van der Waals surface area contributed by atoms with Crippen LogP contribution in [0.1, 0.15) is 27.1 Å². The average Bonchev–Trinajstić information content (AvgIpc) is 2.65. The molecule has 2 aliphatic rings. The number of halogens is 1. The Kier molecular flexibility index (Phi) is 3.24. The normalized spacial score (nSPS) is 18.6. The molecule has 0 fully saturated rings. The molecular formula is C14H13BrN2O2. The summed E-state index contributed by atoms with van der Waals surface area (Å²) in [6.45, 7) is 2.12. The minimum absolute atomic E-state index is 0.188. The van der Waals surface area contributed by atoms with Crippen LogP contribution in [0, 0.1) is 0 Å². The van der Waals surface area contributed by atoms with Crippen molar-refractivity contribution in [3.8, 4) is 0 Å². The van der Waals surface area contributed by atoms with E-state index in [4.69, 9.17) is 0 Å². The zero-order chi connectivity index (χ0) is 13.4. The summed E-state index contributed by atoms with van der Waals surface area (Å²) in [5, 5.41) is 3.22. The van der Waals surface area contributed by atoms with Crippen molar-refractivity contribution in [2.24, 2.45) is 0 Å². The Bertz CT molecular complexity index is 595. The monoisotopic (exact) mass is 320 g/mol. The van der Waals surface area contributed by atoms with Gasteiger partial charge < -0.3 is 5.32 Å². The highest BCUT2D eigenvalue weighted by atomic mass is 79.9. The molecule has 2 amide bonds. The molecule has 1 aromatic carbocycles. The Morgan fingerprint density at radius 2 is 2.00 bits per heavy atom. The van der Waals surface area contributed by atoms with E-state index in [2.05, 4.69) is 27.3 Å². The molecule has 0 radical (unpaired) electrons. The third kappa shape index (κ3) is 2.24. The lowest BCUT2D eigenvalue weighted by Crippen LogP contribution is -2.34. The molecule has 0 atom stereocenters. The quantitative estimate of drug-likeness (QED) is 0.669. The second-order valence-electron chi connectivity index (χ2n) is 4.70. The highest BCUT2D eigenvalue weighted by Gasteiger charge is 2.35. The van der Waals surface area contributed by atoms with E-state index in [0.29, 0.717) is 17.7 Å². The fraction of sp³-hybridized carbons (Fsp3) is 0.286. The van der Waals surface area contributed by atoms with Crippen molar-refractivity contribution in [3.63, 3.8) is 0 Å². The van der Waals surface area contributed by atoms with Gasteiger partial charge in [-0.1, -0.05) is 27.6 Å². The van der Waals surface area contributed by atoms with Crippen molar-refractivity contribution in [1.29, 1.82) is 0 Å². The molecule has 5 heteroatoms. The first-order valence-corrected chi connectivity index (χ1v) is 7.00. The lowest BCUT2D eigenvalue weighted by atomic mass is 10.1. The maximum absolute atomic E-state index is 12.3. The van der Waals surface area contributed by atoms with E-state index in [1.807, 2.05) is 0 Å². The van der Waals surface area contributed by atoms with Crippen LogP contribution in [-0.4, -0.2) is 36.3 Å². The van der Waals surface area contributed by atoms with Crippen LogP contribution in [-0.2, 0) is 0 Å². The molecular weight excluding hydrogens is 308 g/mol. The van der Waals surface area contributed by atoms with Gasteiger partial charge in [-0.2, -0.15) is 0 Å². The number of carbonyl (C=O) groups is 2. The van der Waals surface area contributed by atoms with Crippen LogP contribution >= 0.6 is 15.9 Å². The SMILES string of the molecule is O=C1c2ccc(Br)cc2C(=O)N1CC1=CCNCC1. The minimum atomic E-state index is -0.194. The molecule has 4 nitrogen and oxygen atoms in total. The Labute approximate surface area is 119 Å². The molecule has 0 aromatic heterocycles. The molecule has 0 aliphatic carbocycles. The van der Waals surface area contributed by atoms with Gasteiger partial charge in [0, 0.05) is 11.0 Å². The number of hydrogen-bond acceptors (Lipinski definition) is 3. The maximum atomic E-state index is 12.3.